The van der Waals surface area contributed by atoms with Crippen LogP contribution in [0.4, 0.5) is 5.69 Å². The lowest BCUT2D eigenvalue weighted by Gasteiger charge is -2.37. The highest BCUT2D eigenvalue weighted by atomic mass is 16.5. The van der Waals surface area contributed by atoms with Crippen molar-refractivity contribution >= 4 is 11.6 Å². The summed E-state index contributed by atoms with van der Waals surface area (Å²) in [5.74, 6) is 0.811. The van der Waals surface area contributed by atoms with E-state index in [0.29, 0.717) is 17.9 Å². The molecule has 0 saturated heterocycles. The first-order valence-corrected chi connectivity index (χ1v) is 6.87. The van der Waals surface area contributed by atoms with E-state index in [9.17, 15) is 4.79 Å². The first kappa shape index (κ1) is 13.5. The number of amides is 1. The molecule has 5 heteroatoms. The Labute approximate surface area is 123 Å². The van der Waals surface area contributed by atoms with Crippen LogP contribution in [-0.2, 0) is 0 Å². The number of benzene rings is 1. The largest absolute Gasteiger partial charge is 0.487 e. The predicted molar refractivity (Wildman–Crippen MR) is 79.1 cm³/mol. The average molecular weight is 286 g/mol. The van der Waals surface area contributed by atoms with Crippen LogP contribution in [0.25, 0.3) is 0 Å². The van der Waals surface area contributed by atoms with Crippen molar-refractivity contribution in [2.45, 2.75) is 31.9 Å². The minimum Gasteiger partial charge on any atom is -0.487 e. The number of hydrogen-bond donors (Lipinski definition) is 2. The van der Waals surface area contributed by atoms with E-state index in [1.165, 1.54) is 6.26 Å². The van der Waals surface area contributed by atoms with Gasteiger partial charge in [-0.25, -0.2) is 0 Å². The summed E-state index contributed by atoms with van der Waals surface area (Å²) in [7, 11) is 0. The number of nitrogen functional groups attached to an aromatic ring is 1. The van der Waals surface area contributed by atoms with Crippen molar-refractivity contribution in [3.63, 3.8) is 0 Å². The van der Waals surface area contributed by atoms with Crippen LogP contribution in [-0.4, -0.2) is 11.5 Å². The molecule has 1 aliphatic heterocycles. The molecule has 3 rings (SSSR count). The summed E-state index contributed by atoms with van der Waals surface area (Å²) in [6.07, 6.45) is 2.14. The van der Waals surface area contributed by atoms with Gasteiger partial charge in [-0.15, -0.1) is 0 Å². The van der Waals surface area contributed by atoms with Gasteiger partial charge in [-0.2, -0.15) is 0 Å². The molecule has 0 fully saturated rings. The van der Waals surface area contributed by atoms with Crippen molar-refractivity contribution in [1.82, 2.24) is 5.32 Å². The van der Waals surface area contributed by atoms with Crippen LogP contribution in [0.3, 0.4) is 0 Å². The molecule has 1 unspecified atom stereocenters. The van der Waals surface area contributed by atoms with Gasteiger partial charge in [-0.3, -0.25) is 4.79 Å². The van der Waals surface area contributed by atoms with Gasteiger partial charge in [0.25, 0.3) is 5.91 Å². The SMILES string of the molecule is CC1(C)CC(NC(=O)c2ccco2)c2cc(N)ccc2O1. The second kappa shape index (κ2) is 4.84. The lowest BCUT2D eigenvalue weighted by molar-refractivity contribution is 0.0612. The molecule has 3 N–H and O–H groups in total. The normalized spacial score (nSPS) is 19.4. The Morgan fingerprint density at radius 2 is 2.19 bits per heavy atom. The fourth-order valence-electron chi connectivity index (χ4n) is 2.64. The van der Waals surface area contributed by atoms with E-state index in [1.54, 1.807) is 18.2 Å². The number of furan rings is 1. The molecule has 110 valence electrons. The third-order valence-corrected chi connectivity index (χ3v) is 3.54. The maximum absolute atomic E-state index is 12.2. The second-order valence-corrected chi connectivity index (χ2v) is 5.87. The lowest BCUT2D eigenvalue weighted by atomic mass is 9.89. The number of rotatable bonds is 2. The van der Waals surface area contributed by atoms with E-state index >= 15 is 0 Å². The fourth-order valence-corrected chi connectivity index (χ4v) is 2.64. The molecule has 2 heterocycles. The minimum atomic E-state index is -0.357. The zero-order chi connectivity index (χ0) is 15.0. The average Bonchev–Trinajstić information content (AvgIpc) is 2.93. The van der Waals surface area contributed by atoms with Crippen LogP contribution in [0.2, 0.25) is 0 Å². The quantitative estimate of drug-likeness (QED) is 0.832. The van der Waals surface area contributed by atoms with Crippen molar-refractivity contribution in [1.29, 1.82) is 0 Å². The van der Waals surface area contributed by atoms with Gasteiger partial charge in [-0.05, 0) is 44.2 Å². The van der Waals surface area contributed by atoms with Crippen LogP contribution in [0.5, 0.6) is 5.75 Å². The van der Waals surface area contributed by atoms with Crippen molar-refractivity contribution in [3.8, 4) is 5.75 Å². The zero-order valence-electron chi connectivity index (χ0n) is 12.1. The van der Waals surface area contributed by atoms with E-state index in [-0.39, 0.29) is 17.6 Å². The Balaban J connectivity index is 1.91. The molecular weight excluding hydrogens is 268 g/mol. The smallest absolute Gasteiger partial charge is 0.287 e. The molecule has 1 aliphatic rings. The molecule has 1 aromatic carbocycles. The van der Waals surface area contributed by atoms with Gasteiger partial charge >= 0.3 is 0 Å². The maximum Gasteiger partial charge on any atom is 0.287 e. The van der Waals surface area contributed by atoms with Crippen LogP contribution >= 0.6 is 0 Å². The Kier molecular flexibility index (Phi) is 3.12. The summed E-state index contributed by atoms with van der Waals surface area (Å²) in [5, 5.41) is 2.99. The van der Waals surface area contributed by atoms with E-state index in [1.807, 2.05) is 26.0 Å². The first-order chi connectivity index (χ1) is 9.94. The number of hydrogen-bond acceptors (Lipinski definition) is 4. The van der Waals surface area contributed by atoms with Crippen molar-refractivity contribution in [2.75, 3.05) is 5.73 Å². The Morgan fingerprint density at radius 1 is 1.38 bits per heavy atom. The van der Waals surface area contributed by atoms with Crippen LogP contribution in [0.15, 0.2) is 41.0 Å². The van der Waals surface area contributed by atoms with E-state index in [4.69, 9.17) is 14.9 Å². The molecule has 2 aromatic rings. The highest BCUT2D eigenvalue weighted by Gasteiger charge is 2.35. The molecule has 0 spiro atoms. The molecule has 0 aliphatic carbocycles. The summed E-state index contributed by atoms with van der Waals surface area (Å²) < 4.78 is 11.1. The molecule has 1 aromatic heterocycles. The molecule has 1 atom stereocenters. The van der Waals surface area contributed by atoms with Crippen LogP contribution < -0.4 is 15.8 Å². The Morgan fingerprint density at radius 3 is 2.90 bits per heavy atom. The number of carbonyl (C=O) groups excluding carboxylic acids is 1. The van der Waals surface area contributed by atoms with E-state index in [2.05, 4.69) is 5.32 Å². The van der Waals surface area contributed by atoms with Crippen molar-refractivity contribution in [3.05, 3.63) is 47.9 Å². The lowest BCUT2D eigenvalue weighted by Crippen LogP contribution is -2.41. The molecule has 0 saturated carbocycles. The molecule has 21 heavy (non-hydrogen) atoms. The first-order valence-electron chi connectivity index (χ1n) is 6.87. The summed E-state index contributed by atoms with van der Waals surface area (Å²) in [6.45, 7) is 4.00. The van der Waals surface area contributed by atoms with Crippen LogP contribution in [0.1, 0.15) is 42.4 Å². The van der Waals surface area contributed by atoms with Gasteiger partial charge < -0.3 is 20.2 Å². The Hall–Kier alpha value is -2.43. The van der Waals surface area contributed by atoms with Gasteiger partial charge in [-0.1, -0.05) is 0 Å². The maximum atomic E-state index is 12.2. The zero-order valence-corrected chi connectivity index (χ0v) is 12.1. The number of nitrogens with one attached hydrogen (secondary N) is 1. The molecule has 0 radical (unpaired) electrons. The number of nitrogens with two attached hydrogens (primary N) is 1. The summed E-state index contributed by atoms with van der Waals surface area (Å²) in [5.41, 5.74) is 7.04. The number of anilines is 1. The minimum absolute atomic E-state index is 0.162. The fraction of sp³-hybridized carbons (Fsp3) is 0.312. The number of fused-ring (bicyclic) bond motifs is 1. The van der Waals surface area contributed by atoms with Gasteiger partial charge in [0, 0.05) is 17.7 Å². The summed E-state index contributed by atoms with van der Waals surface area (Å²) in [4.78, 5) is 12.2. The van der Waals surface area contributed by atoms with Crippen LogP contribution in [0, 0.1) is 0 Å². The molecule has 1 amide bonds. The highest BCUT2D eigenvalue weighted by Crippen LogP contribution is 2.40. The third-order valence-electron chi connectivity index (χ3n) is 3.54. The number of ether oxygens (including phenoxy) is 1. The predicted octanol–water partition coefficient (Wildman–Crippen LogP) is 2.89. The van der Waals surface area contributed by atoms with E-state index < -0.39 is 0 Å². The standard InChI is InChI=1S/C16H18N2O3/c1-16(2)9-12(18-15(19)14-4-3-7-20-14)11-8-10(17)5-6-13(11)21-16/h3-8,12H,9,17H2,1-2H3,(H,18,19). The second-order valence-electron chi connectivity index (χ2n) is 5.87. The van der Waals surface area contributed by atoms with E-state index in [0.717, 1.165) is 11.3 Å². The topological polar surface area (TPSA) is 77.5 Å². The van der Waals surface area contributed by atoms with Gasteiger partial charge in [0.05, 0.1) is 12.3 Å². The van der Waals surface area contributed by atoms with Gasteiger partial charge in [0.1, 0.15) is 11.4 Å². The van der Waals surface area contributed by atoms with Crippen molar-refractivity contribution in [2.24, 2.45) is 0 Å². The molecule has 0 bridgehead atoms. The summed E-state index contributed by atoms with van der Waals surface area (Å²) >= 11 is 0. The molecule has 5 nitrogen and oxygen atoms in total. The van der Waals surface area contributed by atoms with Gasteiger partial charge in [0.15, 0.2) is 5.76 Å². The Bertz CT molecular complexity index is 662. The third kappa shape index (κ3) is 2.72. The monoisotopic (exact) mass is 286 g/mol. The molecular formula is C16H18N2O3. The summed E-state index contributed by atoms with van der Waals surface area (Å²) in [6, 6.07) is 8.65. The number of carbonyl (C=O) groups is 1. The van der Waals surface area contributed by atoms with Gasteiger partial charge in [0.2, 0.25) is 0 Å². The highest BCUT2D eigenvalue weighted by molar-refractivity contribution is 5.91. The van der Waals surface area contributed by atoms with Crippen molar-refractivity contribution < 1.29 is 13.9 Å².